The van der Waals surface area contributed by atoms with Crippen molar-refractivity contribution in [2.24, 2.45) is 0 Å². The number of carbonyl (C=O) groups is 3. The Hall–Kier alpha value is -2.60. The Kier molecular flexibility index (Phi) is 5.09. The summed E-state index contributed by atoms with van der Waals surface area (Å²) in [7, 11) is 0. The number of ether oxygens (including phenoxy) is 1. The lowest BCUT2D eigenvalue weighted by Crippen LogP contribution is -2.16. The molecule has 0 aliphatic heterocycles. The number of aryl methyl sites for hydroxylation is 1. The van der Waals surface area contributed by atoms with Gasteiger partial charge in [0.25, 0.3) is 0 Å². The first-order valence-corrected chi connectivity index (χ1v) is 7.55. The van der Waals surface area contributed by atoms with Crippen LogP contribution in [-0.2, 0) is 4.74 Å². The molecule has 1 aromatic carbocycles. The molecule has 0 aliphatic carbocycles. The van der Waals surface area contributed by atoms with Crippen molar-refractivity contribution in [2.75, 3.05) is 12.3 Å². The number of benzene rings is 1. The van der Waals surface area contributed by atoms with Crippen LogP contribution in [0.3, 0.4) is 0 Å². The zero-order valence-corrected chi connectivity index (χ0v) is 14.3. The molecule has 2 aromatic rings. The summed E-state index contributed by atoms with van der Waals surface area (Å²) in [6.45, 7) is 4.34. The second-order valence-corrected chi connectivity index (χ2v) is 5.85. The average Bonchev–Trinajstić information content (AvgIpc) is 2.81. The maximum atomic E-state index is 12.3. The van der Waals surface area contributed by atoms with Gasteiger partial charge in [0.1, 0.15) is 0 Å². The zero-order chi connectivity index (χ0) is 18.0. The molecule has 0 radical (unpaired) electrons. The summed E-state index contributed by atoms with van der Waals surface area (Å²) in [6, 6.07) is 4.41. The highest BCUT2D eigenvalue weighted by Crippen LogP contribution is 2.21. The van der Waals surface area contributed by atoms with Gasteiger partial charge in [0, 0.05) is 22.0 Å². The number of aromatic amines is 1. The molecule has 0 unspecified atom stereocenters. The number of carbonyl (C=O) groups excluding carboxylic acids is 3. The first-order chi connectivity index (χ1) is 11.2. The van der Waals surface area contributed by atoms with Gasteiger partial charge in [-0.1, -0.05) is 11.6 Å². The van der Waals surface area contributed by atoms with Crippen molar-refractivity contribution in [1.82, 2.24) is 4.98 Å². The predicted molar refractivity (Wildman–Crippen MR) is 90.7 cm³/mol. The fourth-order valence-corrected chi connectivity index (χ4v) is 2.72. The van der Waals surface area contributed by atoms with Gasteiger partial charge in [0.2, 0.25) is 5.78 Å². The number of hydrogen-bond acceptors (Lipinski definition) is 5. The zero-order valence-electron chi connectivity index (χ0n) is 13.5. The molecule has 24 heavy (non-hydrogen) atoms. The van der Waals surface area contributed by atoms with Crippen LogP contribution in [0.5, 0.6) is 0 Å². The third-order valence-corrected chi connectivity index (χ3v) is 3.87. The highest BCUT2D eigenvalue weighted by atomic mass is 35.5. The maximum Gasteiger partial charge on any atom is 0.340 e. The number of ketones is 2. The molecule has 0 bridgehead atoms. The smallest absolute Gasteiger partial charge is 0.340 e. The van der Waals surface area contributed by atoms with Crippen molar-refractivity contribution >= 4 is 34.8 Å². The second kappa shape index (κ2) is 6.88. The fourth-order valence-electron chi connectivity index (χ4n) is 2.54. The molecule has 0 aliphatic rings. The number of hydrogen-bond donors (Lipinski definition) is 2. The van der Waals surface area contributed by atoms with E-state index in [1.807, 2.05) is 0 Å². The summed E-state index contributed by atoms with van der Waals surface area (Å²) < 4.78 is 5.01. The van der Waals surface area contributed by atoms with Gasteiger partial charge in [-0.3, -0.25) is 9.59 Å². The quantitative estimate of drug-likeness (QED) is 0.491. The summed E-state index contributed by atoms with van der Waals surface area (Å²) in [5.41, 5.74) is 7.89. The molecule has 1 aromatic heterocycles. The van der Waals surface area contributed by atoms with E-state index in [0.29, 0.717) is 21.8 Å². The van der Waals surface area contributed by atoms with E-state index in [2.05, 4.69) is 4.98 Å². The number of anilines is 1. The molecule has 126 valence electrons. The van der Waals surface area contributed by atoms with Gasteiger partial charge in [-0.05, 0) is 44.5 Å². The summed E-state index contributed by atoms with van der Waals surface area (Å²) >= 11 is 5.82. The lowest BCUT2D eigenvalue weighted by Gasteiger charge is -2.07. The highest BCUT2D eigenvalue weighted by molar-refractivity contribution is 6.31. The topological polar surface area (TPSA) is 102 Å². The number of Topliss-reactive ketones (excluding diaryl/α,β-unsaturated/α-hetero) is 2. The number of rotatable bonds is 5. The van der Waals surface area contributed by atoms with Gasteiger partial charge in [0.05, 0.1) is 11.3 Å². The Balaban J connectivity index is 2.14. The first-order valence-electron chi connectivity index (χ1n) is 7.17. The van der Waals surface area contributed by atoms with E-state index in [1.165, 1.54) is 19.1 Å². The molecule has 0 saturated heterocycles. The van der Waals surface area contributed by atoms with Crippen molar-refractivity contribution in [3.63, 3.8) is 0 Å². The molecule has 6 nitrogen and oxygen atoms in total. The molecule has 2 rings (SSSR count). The number of halogens is 1. The predicted octanol–water partition coefficient (Wildman–Crippen LogP) is 3.11. The van der Waals surface area contributed by atoms with Crippen molar-refractivity contribution in [2.45, 2.75) is 20.8 Å². The number of aromatic nitrogens is 1. The Morgan fingerprint density at radius 1 is 1.25 bits per heavy atom. The molecule has 0 atom stereocenters. The average molecular weight is 349 g/mol. The summed E-state index contributed by atoms with van der Waals surface area (Å²) in [4.78, 5) is 38.8. The summed E-state index contributed by atoms with van der Waals surface area (Å²) in [6.07, 6.45) is 0. The molecular formula is C17H17ClN2O4. The van der Waals surface area contributed by atoms with Crippen LogP contribution in [0, 0.1) is 13.8 Å². The Morgan fingerprint density at radius 2 is 1.92 bits per heavy atom. The lowest BCUT2D eigenvalue weighted by atomic mass is 10.1. The normalized spacial score (nSPS) is 10.5. The lowest BCUT2D eigenvalue weighted by molar-refractivity contribution is 0.0474. The third-order valence-electron chi connectivity index (χ3n) is 3.64. The Morgan fingerprint density at radius 3 is 2.50 bits per heavy atom. The Labute approximate surface area is 143 Å². The van der Waals surface area contributed by atoms with Crippen LogP contribution in [0.25, 0.3) is 0 Å². The van der Waals surface area contributed by atoms with Crippen LogP contribution >= 0.6 is 11.6 Å². The molecule has 1 heterocycles. The first kappa shape index (κ1) is 17.7. The van der Waals surface area contributed by atoms with Crippen LogP contribution in [0.2, 0.25) is 5.02 Å². The molecule has 7 heteroatoms. The van der Waals surface area contributed by atoms with E-state index >= 15 is 0 Å². The number of H-pyrrole nitrogens is 1. The van der Waals surface area contributed by atoms with E-state index in [-0.39, 0.29) is 22.7 Å². The highest BCUT2D eigenvalue weighted by Gasteiger charge is 2.21. The standard InChI is InChI=1S/C17H17ClN2O4/c1-8-15(10(3)21)9(2)20-16(8)14(22)7-24-17(23)12-6-11(18)4-5-13(12)19/h4-6,20H,7,19H2,1-3H3. The number of esters is 1. The molecule has 3 N–H and O–H groups in total. The van der Waals surface area contributed by atoms with Crippen LogP contribution in [0.4, 0.5) is 5.69 Å². The van der Waals surface area contributed by atoms with Gasteiger partial charge < -0.3 is 15.5 Å². The van der Waals surface area contributed by atoms with E-state index < -0.39 is 18.4 Å². The van der Waals surface area contributed by atoms with Crippen molar-refractivity contribution in [3.05, 3.63) is 51.3 Å². The monoisotopic (exact) mass is 348 g/mol. The molecule has 0 spiro atoms. The van der Waals surface area contributed by atoms with E-state index in [4.69, 9.17) is 22.1 Å². The molecule has 0 saturated carbocycles. The van der Waals surface area contributed by atoms with Crippen LogP contribution in [0.1, 0.15) is 49.4 Å². The van der Waals surface area contributed by atoms with Gasteiger partial charge in [-0.15, -0.1) is 0 Å². The van der Waals surface area contributed by atoms with E-state index in [0.717, 1.165) is 0 Å². The minimum atomic E-state index is -0.740. The van der Waals surface area contributed by atoms with Gasteiger partial charge >= 0.3 is 5.97 Å². The number of nitrogen functional groups attached to an aromatic ring is 1. The largest absolute Gasteiger partial charge is 0.454 e. The van der Waals surface area contributed by atoms with Gasteiger partial charge in [-0.2, -0.15) is 0 Å². The Bertz CT molecular complexity index is 839. The van der Waals surface area contributed by atoms with Crippen LogP contribution in [0.15, 0.2) is 18.2 Å². The second-order valence-electron chi connectivity index (χ2n) is 5.41. The maximum absolute atomic E-state index is 12.3. The van der Waals surface area contributed by atoms with Crippen molar-refractivity contribution < 1.29 is 19.1 Å². The van der Waals surface area contributed by atoms with Crippen molar-refractivity contribution in [1.29, 1.82) is 0 Å². The SMILES string of the molecule is CC(=O)c1c(C)[nH]c(C(=O)COC(=O)c2cc(Cl)ccc2N)c1C. The molecule has 0 amide bonds. The minimum absolute atomic E-state index is 0.0964. The molecule has 0 fully saturated rings. The molecular weight excluding hydrogens is 332 g/mol. The summed E-state index contributed by atoms with van der Waals surface area (Å²) in [5.74, 6) is -1.31. The van der Waals surface area contributed by atoms with E-state index in [1.54, 1.807) is 19.9 Å². The third kappa shape index (κ3) is 3.49. The van der Waals surface area contributed by atoms with Gasteiger partial charge in [-0.25, -0.2) is 4.79 Å². The summed E-state index contributed by atoms with van der Waals surface area (Å²) in [5, 5.41) is 0.337. The minimum Gasteiger partial charge on any atom is -0.454 e. The van der Waals surface area contributed by atoms with E-state index in [9.17, 15) is 14.4 Å². The van der Waals surface area contributed by atoms with Crippen LogP contribution in [-0.4, -0.2) is 29.1 Å². The number of nitrogens with one attached hydrogen (secondary N) is 1. The fraction of sp³-hybridized carbons (Fsp3) is 0.235. The van der Waals surface area contributed by atoms with Crippen molar-refractivity contribution in [3.8, 4) is 0 Å². The van der Waals surface area contributed by atoms with Crippen LogP contribution < -0.4 is 5.73 Å². The van der Waals surface area contributed by atoms with Gasteiger partial charge in [0.15, 0.2) is 12.4 Å². The number of nitrogens with two attached hydrogens (primary N) is 1.